The number of nitrogens with zero attached hydrogens (tertiary/aromatic N) is 6. The van der Waals surface area contributed by atoms with E-state index in [-0.39, 0.29) is 45.6 Å². The number of rotatable bonds is 12. The van der Waals surface area contributed by atoms with E-state index in [0.717, 1.165) is 37.3 Å². The molecule has 7 rings (SSSR count). The molecule has 1 atom stereocenters. The van der Waals surface area contributed by atoms with Crippen molar-refractivity contribution in [2.24, 2.45) is 10.8 Å². The van der Waals surface area contributed by atoms with E-state index in [1.165, 1.54) is 6.20 Å². The lowest BCUT2D eigenvalue weighted by Crippen LogP contribution is -2.37. The summed E-state index contributed by atoms with van der Waals surface area (Å²) in [6.45, 7) is 4.56. The number of carboxylic acid groups (broad SMARTS) is 1. The number of aromatic nitrogens is 5. The Morgan fingerprint density at radius 1 is 1.12 bits per heavy atom. The highest BCUT2D eigenvalue weighted by Crippen LogP contribution is 2.46. The van der Waals surface area contributed by atoms with E-state index in [4.69, 9.17) is 4.74 Å². The zero-order chi connectivity index (χ0) is 36.8. The summed E-state index contributed by atoms with van der Waals surface area (Å²) in [6, 6.07) is 6.26. The van der Waals surface area contributed by atoms with Gasteiger partial charge in [0.25, 0.3) is 5.91 Å². The van der Waals surface area contributed by atoms with Crippen LogP contribution >= 0.6 is 0 Å². The number of methoxy groups -OCH3 is 1. The number of nitrogens with one attached hydrogen (secondary N) is 2. The molecule has 15 heteroatoms. The predicted octanol–water partition coefficient (Wildman–Crippen LogP) is 6.50. The summed E-state index contributed by atoms with van der Waals surface area (Å²) in [7, 11) is 3.62. The van der Waals surface area contributed by atoms with Gasteiger partial charge in [0.1, 0.15) is 11.2 Å². The first-order valence-corrected chi connectivity index (χ1v) is 17.7. The van der Waals surface area contributed by atoms with E-state index >= 15 is 0 Å². The van der Waals surface area contributed by atoms with Gasteiger partial charge in [-0.1, -0.05) is 18.9 Å². The van der Waals surface area contributed by atoms with Crippen LogP contribution in [0.2, 0.25) is 0 Å². The Labute approximate surface area is 299 Å². The topological polar surface area (TPSA) is 149 Å². The smallest absolute Gasteiger partial charge is 0.418 e. The van der Waals surface area contributed by atoms with Crippen molar-refractivity contribution < 1.29 is 32.6 Å². The molecule has 2 saturated carbocycles. The first kappa shape index (κ1) is 35.8. The summed E-state index contributed by atoms with van der Waals surface area (Å²) >= 11 is 0. The van der Waals surface area contributed by atoms with Gasteiger partial charge >= 0.3 is 12.1 Å². The number of H-pyrrole nitrogens is 1. The van der Waals surface area contributed by atoms with Crippen LogP contribution in [-0.4, -0.2) is 87.2 Å². The fraction of sp³-hybridized carbons (Fsp3) is 0.514. The largest absolute Gasteiger partial charge is 0.481 e. The van der Waals surface area contributed by atoms with E-state index in [9.17, 15) is 27.9 Å². The van der Waals surface area contributed by atoms with Crippen LogP contribution in [0.1, 0.15) is 85.1 Å². The Bertz CT molecular complexity index is 1970. The molecule has 3 aliphatic rings. The third kappa shape index (κ3) is 7.33. The second-order valence-electron chi connectivity index (χ2n) is 15.1. The molecule has 5 heterocycles. The van der Waals surface area contributed by atoms with Gasteiger partial charge in [0.2, 0.25) is 5.95 Å². The molecule has 3 fully saturated rings. The number of carbonyl (C=O) groups is 2. The number of halogens is 3. The minimum absolute atomic E-state index is 0.0704. The van der Waals surface area contributed by atoms with Crippen LogP contribution in [0.3, 0.4) is 0 Å². The number of likely N-dealkylation sites (tertiary alicyclic amines) is 1. The van der Waals surface area contributed by atoms with E-state index in [0.29, 0.717) is 63.3 Å². The molecule has 1 amide bonds. The van der Waals surface area contributed by atoms with Gasteiger partial charge in [-0.2, -0.15) is 18.2 Å². The molecule has 1 saturated heterocycles. The van der Waals surface area contributed by atoms with Crippen LogP contribution in [0.5, 0.6) is 0 Å². The molecular formula is C37H43F3N8O4. The zero-order valence-corrected chi connectivity index (χ0v) is 29.5. The maximum Gasteiger partial charge on any atom is 0.418 e. The molecule has 4 aromatic rings. The maximum absolute atomic E-state index is 14.2. The number of imidazole rings is 1. The number of ether oxygens (including phenoxy) is 1. The molecule has 3 N–H and O–H groups in total. The van der Waals surface area contributed by atoms with E-state index in [1.54, 1.807) is 38.4 Å². The Hall–Kier alpha value is -4.63. The number of pyridine rings is 3. The Balaban J connectivity index is 1.17. The molecule has 52 heavy (non-hydrogen) atoms. The molecular weight excluding hydrogens is 677 g/mol. The fourth-order valence-electron chi connectivity index (χ4n) is 7.82. The third-order valence-electron chi connectivity index (χ3n) is 10.8. The SMILES string of the molecule is COCC1(CN(C)c2cc(-c3cnc(C4CC4)c(C(F)(F)F)c3)nc3nc(NC(=O)c4ccc(CN5CCC(C)(C(=O)O)C5)cn4)[nH]c23)CCCC1. The molecule has 0 bridgehead atoms. The van der Waals surface area contributed by atoms with E-state index in [1.807, 2.05) is 7.05 Å². The van der Waals surface area contributed by atoms with Crippen LogP contribution < -0.4 is 10.2 Å². The lowest BCUT2D eigenvalue weighted by Gasteiger charge is -2.34. The van der Waals surface area contributed by atoms with Crippen LogP contribution in [0.25, 0.3) is 22.4 Å². The van der Waals surface area contributed by atoms with Gasteiger partial charge in [-0.25, -0.2) is 4.98 Å². The highest BCUT2D eigenvalue weighted by molar-refractivity contribution is 6.03. The Morgan fingerprint density at radius 2 is 1.88 bits per heavy atom. The predicted molar refractivity (Wildman–Crippen MR) is 188 cm³/mol. The molecule has 1 aliphatic heterocycles. The van der Waals surface area contributed by atoms with Crippen molar-refractivity contribution >= 4 is 34.7 Å². The number of alkyl halides is 3. The summed E-state index contributed by atoms with van der Waals surface area (Å²) in [6.07, 6.45) is 4.58. The quantitative estimate of drug-likeness (QED) is 0.148. The molecule has 0 radical (unpaired) electrons. The molecule has 1 unspecified atom stereocenters. The molecule has 276 valence electrons. The van der Waals surface area contributed by atoms with Gasteiger partial charge in [0.15, 0.2) is 5.65 Å². The molecule has 4 aromatic heterocycles. The van der Waals surface area contributed by atoms with Gasteiger partial charge in [-0.3, -0.25) is 29.8 Å². The summed E-state index contributed by atoms with van der Waals surface area (Å²) in [5, 5.41) is 12.3. The molecule has 0 spiro atoms. The van der Waals surface area contributed by atoms with Crippen molar-refractivity contribution in [2.45, 2.75) is 70.5 Å². The maximum atomic E-state index is 14.2. The van der Waals surface area contributed by atoms with Crippen LogP contribution in [0, 0.1) is 10.8 Å². The normalized spacial score (nSPS) is 20.4. The number of fused-ring (bicyclic) bond motifs is 1. The second-order valence-corrected chi connectivity index (χ2v) is 15.1. The van der Waals surface area contributed by atoms with E-state index < -0.39 is 29.0 Å². The average molecular weight is 721 g/mol. The average Bonchev–Trinajstić information content (AvgIpc) is 3.52. The summed E-state index contributed by atoms with van der Waals surface area (Å²) in [5.41, 5.74) is 1.37. The fourth-order valence-corrected chi connectivity index (χ4v) is 7.82. The van der Waals surface area contributed by atoms with Crippen molar-refractivity contribution in [2.75, 3.05) is 50.6 Å². The number of amides is 1. The zero-order valence-electron chi connectivity index (χ0n) is 29.5. The van der Waals surface area contributed by atoms with Gasteiger partial charge in [-0.15, -0.1) is 0 Å². The first-order valence-electron chi connectivity index (χ1n) is 17.7. The summed E-state index contributed by atoms with van der Waals surface area (Å²) in [4.78, 5) is 50.1. The van der Waals surface area contributed by atoms with Crippen molar-refractivity contribution in [3.05, 3.63) is 59.2 Å². The van der Waals surface area contributed by atoms with Crippen molar-refractivity contribution in [1.82, 2.24) is 29.8 Å². The van der Waals surface area contributed by atoms with Crippen molar-refractivity contribution in [3.63, 3.8) is 0 Å². The number of hydrogen-bond donors (Lipinski definition) is 3. The third-order valence-corrected chi connectivity index (χ3v) is 10.8. The summed E-state index contributed by atoms with van der Waals surface area (Å²) in [5.74, 6) is -1.40. The monoisotopic (exact) mass is 720 g/mol. The molecule has 12 nitrogen and oxygen atoms in total. The minimum Gasteiger partial charge on any atom is -0.481 e. The van der Waals surface area contributed by atoms with Crippen LogP contribution in [0.15, 0.2) is 36.7 Å². The number of anilines is 2. The number of hydrogen-bond acceptors (Lipinski definition) is 9. The Kier molecular flexibility index (Phi) is 9.44. The first-order chi connectivity index (χ1) is 24.8. The number of carbonyl (C=O) groups excluding carboxylic acids is 1. The van der Waals surface area contributed by atoms with Crippen molar-refractivity contribution in [1.29, 1.82) is 0 Å². The lowest BCUT2D eigenvalue weighted by atomic mass is 9.86. The van der Waals surface area contributed by atoms with Gasteiger partial charge in [0.05, 0.1) is 34.7 Å². The number of carboxylic acids is 1. The van der Waals surface area contributed by atoms with Crippen LogP contribution in [-0.2, 0) is 22.3 Å². The van der Waals surface area contributed by atoms with Gasteiger partial charge < -0.3 is 19.7 Å². The molecule has 2 aliphatic carbocycles. The minimum atomic E-state index is -4.56. The summed E-state index contributed by atoms with van der Waals surface area (Å²) < 4.78 is 48.2. The number of aromatic amines is 1. The van der Waals surface area contributed by atoms with Gasteiger partial charge in [-0.05, 0) is 69.3 Å². The lowest BCUT2D eigenvalue weighted by molar-refractivity contribution is -0.147. The Morgan fingerprint density at radius 3 is 2.52 bits per heavy atom. The van der Waals surface area contributed by atoms with Crippen LogP contribution in [0.4, 0.5) is 24.8 Å². The van der Waals surface area contributed by atoms with E-state index in [2.05, 4.69) is 40.0 Å². The second kappa shape index (κ2) is 13.7. The number of aliphatic carboxylic acids is 1. The highest BCUT2D eigenvalue weighted by Gasteiger charge is 2.41. The van der Waals surface area contributed by atoms with Crippen molar-refractivity contribution in [3.8, 4) is 11.3 Å². The standard InChI is InChI=1S/C37H43F3N8O4/c1-35(33(50)51)12-13-48(19-35)18-22-6-9-26(41-16-22)32(49)46-34-44-30-28(47(2)20-36(21-52-3)10-4-5-11-36)15-27(43-31(30)45-34)24-14-25(37(38,39)40)29(42-17-24)23-7-8-23/h6,9,14-17,23H,4-5,7-8,10-13,18-21H2,1-3H3,(H,50,51)(H2,43,44,45,46,49). The van der Waals surface area contributed by atoms with Gasteiger partial charge in [0, 0.05) is 63.1 Å². The molecule has 0 aromatic carbocycles. The highest BCUT2D eigenvalue weighted by atomic mass is 19.4.